The minimum atomic E-state index is -0.961. The Morgan fingerprint density at radius 1 is 1.50 bits per heavy atom. The highest BCUT2D eigenvalue weighted by Crippen LogP contribution is 2.25. The maximum absolute atomic E-state index is 10.8. The van der Waals surface area contributed by atoms with E-state index in [1.54, 1.807) is 12.3 Å². The second-order valence-electron chi connectivity index (χ2n) is 3.00. The number of carbonyl (C=O) groups is 1. The third-order valence-electron chi connectivity index (χ3n) is 2.07. The zero-order chi connectivity index (χ0) is 10.1. The van der Waals surface area contributed by atoms with E-state index in [4.69, 9.17) is 9.52 Å². The van der Waals surface area contributed by atoms with E-state index in [-0.39, 0.29) is 5.56 Å². The van der Waals surface area contributed by atoms with Gasteiger partial charge in [-0.05, 0) is 24.6 Å². The molecule has 0 amide bonds. The summed E-state index contributed by atoms with van der Waals surface area (Å²) in [7, 11) is 0. The molecule has 4 nitrogen and oxygen atoms in total. The number of aromatic carboxylic acids is 1. The molecule has 14 heavy (non-hydrogen) atoms. The first-order valence-electron chi connectivity index (χ1n) is 4.15. The molecule has 0 bridgehead atoms. The molecule has 0 saturated carbocycles. The second kappa shape index (κ2) is 3.06. The predicted molar refractivity (Wildman–Crippen MR) is 50.2 cm³/mol. The molecule has 2 aromatic heterocycles. The Labute approximate surface area is 80.2 Å². The summed E-state index contributed by atoms with van der Waals surface area (Å²) < 4.78 is 5.20. The summed E-state index contributed by atoms with van der Waals surface area (Å²) in [5.74, 6) is -0.385. The van der Waals surface area contributed by atoms with Crippen molar-refractivity contribution >= 4 is 5.97 Å². The maximum Gasteiger partial charge on any atom is 0.338 e. The van der Waals surface area contributed by atoms with Gasteiger partial charge in [0, 0.05) is 6.20 Å². The number of aryl methyl sites for hydroxylation is 1. The first-order chi connectivity index (χ1) is 6.70. The van der Waals surface area contributed by atoms with Crippen LogP contribution in [0.25, 0.3) is 11.5 Å². The fourth-order valence-corrected chi connectivity index (χ4v) is 1.36. The van der Waals surface area contributed by atoms with Gasteiger partial charge in [-0.2, -0.15) is 0 Å². The summed E-state index contributed by atoms with van der Waals surface area (Å²) in [6.07, 6.45) is 3.12. The van der Waals surface area contributed by atoms with E-state index < -0.39 is 5.97 Å². The van der Waals surface area contributed by atoms with Gasteiger partial charge in [0.2, 0.25) is 0 Å². The summed E-state index contributed by atoms with van der Waals surface area (Å²) in [6, 6.07) is 3.31. The minimum Gasteiger partial charge on any atom is -0.478 e. The van der Waals surface area contributed by atoms with Crippen LogP contribution >= 0.6 is 0 Å². The van der Waals surface area contributed by atoms with Crippen molar-refractivity contribution in [2.45, 2.75) is 6.92 Å². The number of H-pyrrole nitrogens is 1. The van der Waals surface area contributed by atoms with Gasteiger partial charge in [0.05, 0.1) is 17.5 Å². The van der Waals surface area contributed by atoms with E-state index in [1.165, 1.54) is 12.3 Å². The van der Waals surface area contributed by atoms with Crippen LogP contribution in [0.3, 0.4) is 0 Å². The molecule has 0 aliphatic rings. The van der Waals surface area contributed by atoms with Gasteiger partial charge in [0.25, 0.3) is 0 Å². The second-order valence-corrected chi connectivity index (χ2v) is 3.00. The van der Waals surface area contributed by atoms with Gasteiger partial charge in [0.1, 0.15) is 0 Å². The number of carboxylic acids is 1. The van der Waals surface area contributed by atoms with Crippen LogP contribution in [0.1, 0.15) is 15.9 Å². The Kier molecular flexibility index (Phi) is 1.89. The zero-order valence-corrected chi connectivity index (χ0v) is 7.57. The lowest BCUT2D eigenvalue weighted by Crippen LogP contribution is -1.96. The Balaban J connectivity index is 2.57. The first kappa shape index (κ1) is 8.62. The Morgan fingerprint density at radius 3 is 2.86 bits per heavy atom. The van der Waals surface area contributed by atoms with Crippen molar-refractivity contribution in [2.24, 2.45) is 0 Å². The van der Waals surface area contributed by atoms with Gasteiger partial charge in [0.15, 0.2) is 5.76 Å². The lowest BCUT2D eigenvalue weighted by molar-refractivity contribution is 0.0698. The SMILES string of the molecule is Cc1ccoc1-c1[nH]ccc1C(=O)O. The molecular formula is C10H9NO3. The molecule has 0 aliphatic carbocycles. The smallest absolute Gasteiger partial charge is 0.338 e. The molecule has 2 aromatic rings. The van der Waals surface area contributed by atoms with Crippen molar-refractivity contribution < 1.29 is 14.3 Å². The van der Waals surface area contributed by atoms with Crippen LogP contribution in [0, 0.1) is 6.92 Å². The van der Waals surface area contributed by atoms with Crippen LogP contribution in [0.4, 0.5) is 0 Å². The summed E-state index contributed by atoms with van der Waals surface area (Å²) >= 11 is 0. The highest BCUT2D eigenvalue weighted by atomic mass is 16.4. The fourth-order valence-electron chi connectivity index (χ4n) is 1.36. The number of furan rings is 1. The monoisotopic (exact) mass is 191 g/mol. The number of aromatic nitrogens is 1. The lowest BCUT2D eigenvalue weighted by Gasteiger charge is -1.97. The minimum absolute atomic E-state index is 0.225. The quantitative estimate of drug-likeness (QED) is 0.765. The van der Waals surface area contributed by atoms with Crippen molar-refractivity contribution in [3.05, 3.63) is 35.7 Å². The first-order valence-corrected chi connectivity index (χ1v) is 4.15. The number of nitrogens with one attached hydrogen (secondary N) is 1. The number of hydrogen-bond acceptors (Lipinski definition) is 2. The van der Waals surface area contributed by atoms with Crippen molar-refractivity contribution in [1.29, 1.82) is 0 Å². The van der Waals surface area contributed by atoms with Gasteiger partial charge in [-0.25, -0.2) is 4.79 Å². The summed E-state index contributed by atoms with van der Waals surface area (Å²) in [5.41, 5.74) is 1.65. The Hall–Kier alpha value is -1.97. The Morgan fingerprint density at radius 2 is 2.29 bits per heavy atom. The highest BCUT2D eigenvalue weighted by molar-refractivity contribution is 5.94. The lowest BCUT2D eigenvalue weighted by atomic mass is 10.1. The van der Waals surface area contributed by atoms with Crippen LogP contribution in [0.15, 0.2) is 29.0 Å². The normalized spacial score (nSPS) is 10.4. The molecule has 0 atom stereocenters. The van der Waals surface area contributed by atoms with E-state index >= 15 is 0 Å². The molecule has 0 unspecified atom stereocenters. The van der Waals surface area contributed by atoms with E-state index in [1.807, 2.05) is 6.92 Å². The molecule has 2 N–H and O–H groups in total. The van der Waals surface area contributed by atoms with Crippen LogP contribution in [-0.4, -0.2) is 16.1 Å². The van der Waals surface area contributed by atoms with Gasteiger partial charge >= 0.3 is 5.97 Å². The number of carboxylic acid groups (broad SMARTS) is 1. The number of hydrogen-bond donors (Lipinski definition) is 2. The standard InChI is InChI=1S/C10H9NO3/c1-6-3-5-14-9(6)8-7(10(12)13)2-4-11-8/h2-5,11H,1H3,(H,12,13). The van der Waals surface area contributed by atoms with E-state index in [0.717, 1.165) is 5.56 Å². The summed E-state index contributed by atoms with van der Waals surface area (Å²) in [4.78, 5) is 13.7. The summed E-state index contributed by atoms with van der Waals surface area (Å²) in [6.45, 7) is 1.87. The predicted octanol–water partition coefficient (Wildman–Crippen LogP) is 2.28. The molecule has 4 heteroatoms. The van der Waals surface area contributed by atoms with E-state index in [0.29, 0.717) is 11.5 Å². The van der Waals surface area contributed by atoms with Crippen molar-refractivity contribution in [3.8, 4) is 11.5 Å². The topological polar surface area (TPSA) is 66.2 Å². The van der Waals surface area contributed by atoms with Crippen LogP contribution in [0.2, 0.25) is 0 Å². The molecule has 2 heterocycles. The third kappa shape index (κ3) is 1.21. The van der Waals surface area contributed by atoms with Gasteiger partial charge < -0.3 is 14.5 Å². The van der Waals surface area contributed by atoms with Crippen molar-refractivity contribution in [1.82, 2.24) is 4.98 Å². The van der Waals surface area contributed by atoms with E-state index in [9.17, 15) is 4.79 Å². The molecule has 0 radical (unpaired) electrons. The average Bonchev–Trinajstić information content (AvgIpc) is 2.70. The molecule has 0 aromatic carbocycles. The third-order valence-corrected chi connectivity index (χ3v) is 2.07. The molecule has 0 saturated heterocycles. The molecular weight excluding hydrogens is 182 g/mol. The highest BCUT2D eigenvalue weighted by Gasteiger charge is 2.16. The van der Waals surface area contributed by atoms with Gasteiger partial charge in [-0.1, -0.05) is 0 Å². The molecule has 0 aliphatic heterocycles. The zero-order valence-electron chi connectivity index (χ0n) is 7.57. The number of rotatable bonds is 2. The van der Waals surface area contributed by atoms with E-state index in [2.05, 4.69) is 4.98 Å². The Bertz CT molecular complexity index is 467. The molecule has 0 spiro atoms. The van der Waals surface area contributed by atoms with Crippen molar-refractivity contribution in [3.63, 3.8) is 0 Å². The molecule has 72 valence electrons. The van der Waals surface area contributed by atoms with Gasteiger partial charge in [-0.3, -0.25) is 0 Å². The van der Waals surface area contributed by atoms with Gasteiger partial charge in [-0.15, -0.1) is 0 Å². The van der Waals surface area contributed by atoms with Crippen LogP contribution < -0.4 is 0 Å². The number of aromatic amines is 1. The van der Waals surface area contributed by atoms with Crippen molar-refractivity contribution in [2.75, 3.05) is 0 Å². The van der Waals surface area contributed by atoms with Crippen LogP contribution in [-0.2, 0) is 0 Å². The molecule has 2 rings (SSSR count). The summed E-state index contributed by atoms with van der Waals surface area (Å²) in [5, 5.41) is 8.88. The molecule has 0 fully saturated rings. The van der Waals surface area contributed by atoms with Crippen LogP contribution in [0.5, 0.6) is 0 Å². The average molecular weight is 191 g/mol. The largest absolute Gasteiger partial charge is 0.478 e. The fraction of sp³-hybridized carbons (Fsp3) is 0.100. The maximum atomic E-state index is 10.8.